The van der Waals surface area contributed by atoms with Crippen molar-refractivity contribution in [2.24, 2.45) is 5.41 Å². The number of hydrogen-bond donors (Lipinski definition) is 0. The van der Waals surface area contributed by atoms with Crippen LogP contribution in [0.3, 0.4) is 0 Å². The average Bonchev–Trinajstić information content (AvgIpc) is 2.79. The second kappa shape index (κ2) is 6.01. The van der Waals surface area contributed by atoms with Crippen LogP contribution in [0.1, 0.15) is 40.5 Å². The molecule has 1 heterocycles. The molecule has 0 amide bonds. The van der Waals surface area contributed by atoms with E-state index in [1.54, 1.807) is 21.9 Å². The van der Waals surface area contributed by atoms with E-state index in [1.807, 2.05) is 0 Å². The van der Waals surface area contributed by atoms with Crippen LogP contribution in [0.15, 0.2) is 21.9 Å². The first kappa shape index (κ1) is 18.0. The van der Waals surface area contributed by atoms with Crippen molar-refractivity contribution in [2.75, 3.05) is 6.61 Å². The van der Waals surface area contributed by atoms with Crippen molar-refractivity contribution in [3.63, 3.8) is 0 Å². The molecule has 108 valence electrons. The van der Waals surface area contributed by atoms with Crippen molar-refractivity contribution in [1.29, 1.82) is 0 Å². The molecule has 0 bridgehead atoms. The molecular weight excluding hydrogens is 387 g/mol. The van der Waals surface area contributed by atoms with Crippen molar-refractivity contribution in [1.82, 2.24) is 0 Å². The van der Waals surface area contributed by atoms with Gasteiger partial charge in [0.15, 0.2) is 0 Å². The second-order valence-corrected chi connectivity index (χ2v) is 12.4. The summed E-state index contributed by atoms with van der Waals surface area (Å²) >= 11 is 0. The molecule has 0 aromatic rings. The van der Waals surface area contributed by atoms with Crippen LogP contribution in [0.5, 0.6) is 0 Å². The third-order valence-corrected chi connectivity index (χ3v) is 6.96. The second-order valence-electron chi connectivity index (χ2n) is 7.42. The van der Waals surface area contributed by atoms with Crippen molar-refractivity contribution < 1.29 is 45.1 Å². The third kappa shape index (κ3) is 3.11. The van der Waals surface area contributed by atoms with Gasteiger partial charge in [-0.2, -0.15) is 0 Å². The topological polar surface area (TPSA) is 9.23 Å². The molecule has 0 saturated carbocycles. The fourth-order valence-electron chi connectivity index (χ4n) is 3.71. The van der Waals surface area contributed by atoms with Gasteiger partial charge in [-0.15, -0.1) is 0 Å². The zero-order chi connectivity index (χ0) is 13.7. The van der Waals surface area contributed by atoms with Crippen LogP contribution in [0.2, 0.25) is 19.6 Å². The zero-order valence-corrected chi connectivity index (χ0v) is 17.1. The van der Waals surface area contributed by atoms with Crippen LogP contribution in [-0.2, 0) is 4.74 Å². The first-order chi connectivity index (χ1) is 8.17. The van der Waals surface area contributed by atoms with E-state index >= 15 is 0 Å². The minimum absolute atomic E-state index is 0. The maximum Gasteiger partial charge on any atom is 0.0796 e. The summed E-state index contributed by atoms with van der Waals surface area (Å²) in [4.78, 5) is 0. The van der Waals surface area contributed by atoms with E-state index in [1.165, 1.54) is 12.8 Å². The molecule has 0 spiro atoms. The molecule has 0 aromatic heterocycles. The van der Waals surface area contributed by atoms with E-state index in [2.05, 4.69) is 47.3 Å². The van der Waals surface area contributed by atoms with Gasteiger partial charge in [0.1, 0.15) is 0 Å². The largest absolute Gasteiger partial charge is 0.374 e. The van der Waals surface area contributed by atoms with Gasteiger partial charge in [-0.05, 0) is 32.3 Å². The van der Waals surface area contributed by atoms with Crippen LogP contribution >= 0.6 is 0 Å². The quantitative estimate of drug-likeness (QED) is 0.594. The Morgan fingerprint density at radius 3 is 2.16 bits per heavy atom. The monoisotopic (exact) mass is 416 g/mol. The molecular formula is C16H28OSiSm. The molecule has 19 heavy (non-hydrogen) atoms. The Labute approximate surface area is 152 Å². The molecule has 1 aliphatic heterocycles. The van der Waals surface area contributed by atoms with E-state index in [0.29, 0.717) is 6.10 Å². The first-order valence-corrected chi connectivity index (χ1v) is 10.7. The van der Waals surface area contributed by atoms with Gasteiger partial charge in [0.2, 0.25) is 0 Å². The average molecular weight is 415 g/mol. The van der Waals surface area contributed by atoms with Crippen molar-refractivity contribution in [3.05, 3.63) is 21.9 Å². The smallest absolute Gasteiger partial charge is 0.0796 e. The summed E-state index contributed by atoms with van der Waals surface area (Å²) in [5.41, 5.74) is 4.94. The number of rotatable bonds is 2. The maximum atomic E-state index is 6.03. The summed E-state index contributed by atoms with van der Waals surface area (Å²) < 4.78 is 6.03. The predicted molar refractivity (Wildman–Crippen MR) is 81.5 cm³/mol. The normalized spacial score (nSPS) is 27.0. The Morgan fingerprint density at radius 1 is 1.16 bits per heavy atom. The van der Waals surface area contributed by atoms with Gasteiger partial charge in [-0.25, -0.2) is 0 Å². The molecule has 1 fully saturated rings. The number of hydrogen-bond acceptors (Lipinski definition) is 1. The van der Waals surface area contributed by atoms with E-state index in [9.17, 15) is 0 Å². The summed E-state index contributed by atoms with van der Waals surface area (Å²) in [7, 11) is -1.31. The molecule has 1 atom stereocenters. The van der Waals surface area contributed by atoms with Gasteiger partial charge in [0, 0.05) is 52.4 Å². The summed E-state index contributed by atoms with van der Waals surface area (Å²) in [6, 6.07) is 0. The fourth-order valence-corrected chi connectivity index (χ4v) is 6.30. The van der Waals surface area contributed by atoms with Gasteiger partial charge >= 0.3 is 0 Å². The van der Waals surface area contributed by atoms with Crippen LogP contribution < -0.4 is 0 Å². The minimum Gasteiger partial charge on any atom is -0.374 e. The third-order valence-electron chi connectivity index (χ3n) is 4.82. The molecule has 2 rings (SSSR count). The molecule has 2 aliphatic rings. The minimum atomic E-state index is -1.31. The Hall–Kier alpha value is 0.995. The van der Waals surface area contributed by atoms with Crippen molar-refractivity contribution in [3.8, 4) is 0 Å². The maximum absolute atomic E-state index is 6.03. The first-order valence-electron chi connectivity index (χ1n) is 7.22. The van der Waals surface area contributed by atoms with E-state index in [4.69, 9.17) is 4.74 Å². The molecule has 1 unspecified atom stereocenters. The Kier molecular flexibility index (Phi) is 5.71. The van der Waals surface area contributed by atoms with E-state index in [0.717, 1.165) is 6.61 Å². The number of allylic oxidation sites excluding steroid dienone is 3. The van der Waals surface area contributed by atoms with Gasteiger partial charge in [0.05, 0.1) is 14.2 Å². The summed E-state index contributed by atoms with van der Waals surface area (Å²) in [6.07, 6.45) is 2.82. The predicted octanol–water partition coefficient (Wildman–Crippen LogP) is 4.72. The van der Waals surface area contributed by atoms with Crippen LogP contribution in [0.4, 0.5) is 0 Å². The number of ether oxygens (including phenoxy) is 1. The Morgan fingerprint density at radius 2 is 1.74 bits per heavy atom. The standard InChI is InChI=1S/C16H28OSi.Sm/c1-11-12(2)16(3,4)14(13-9-8-10-17-13)15(11)18(5,6)7;/h13H,8-10H2,1-7H3;. The van der Waals surface area contributed by atoms with Gasteiger partial charge in [-0.1, -0.05) is 49.8 Å². The Balaban J connectivity index is 0.00000180. The molecule has 3 heteroatoms. The molecule has 0 radical (unpaired) electrons. The van der Waals surface area contributed by atoms with Crippen LogP contribution in [0, 0.1) is 45.8 Å². The van der Waals surface area contributed by atoms with Crippen molar-refractivity contribution in [2.45, 2.75) is 66.3 Å². The van der Waals surface area contributed by atoms with Gasteiger partial charge in [-0.3, -0.25) is 0 Å². The molecule has 1 nitrogen and oxygen atoms in total. The van der Waals surface area contributed by atoms with Crippen LogP contribution in [0.25, 0.3) is 0 Å². The van der Waals surface area contributed by atoms with E-state index < -0.39 is 8.07 Å². The SMILES string of the molecule is CC1=C(C)C(C)(C)C(C2CCCO2)=C1[Si](C)(C)C.[Sm]. The summed E-state index contributed by atoms with van der Waals surface area (Å²) in [6.45, 7) is 17.8. The van der Waals surface area contributed by atoms with E-state index in [-0.39, 0.29) is 45.8 Å². The summed E-state index contributed by atoms with van der Waals surface area (Å²) in [5, 5.41) is 1.69. The zero-order valence-electron chi connectivity index (χ0n) is 13.5. The van der Waals surface area contributed by atoms with Crippen molar-refractivity contribution >= 4 is 8.07 Å². The molecule has 1 aliphatic carbocycles. The molecule has 0 N–H and O–H groups in total. The van der Waals surface area contributed by atoms with Crippen LogP contribution in [-0.4, -0.2) is 20.8 Å². The van der Waals surface area contributed by atoms with Gasteiger partial charge in [0.25, 0.3) is 0 Å². The molecule has 1 saturated heterocycles. The van der Waals surface area contributed by atoms with Gasteiger partial charge < -0.3 is 4.74 Å². The molecule has 0 aromatic carbocycles. The fraction of sp³-hybridized carbons (Fsp3) is 0.750. The summed E-state index contributed by atoms with van der Waals surface area (Å²) in [5.74, 6) is 0. The Bertz CT molecular complexity index is 421.